The molecule has 0 saturated carbocycles. The van der Waals surface area contributed by atoms with Crippen LogP contribution in [-0.4, -0.2) is 34.4 Å². The van der Waals surface area contributed by atoms with E-state index in [1.807, 2.05) is 6.92 Å². The Labute approximate surface area is 145 Å². The van der Waals surface area contributed by atoms with Gasteiger partial charge in [-0.1, -0.05) is 19.1 Å². The summed E-state index contributed by atoms with van der Waals surface area (Å²) in [6, 6.07) is 6.22. The maximum atomic E-state index is 13.0. The van der Waals surface area contributed by atoms with Gasteiger partial charge in [-0.05, 0) is 37.0 Å². The number of aromatic nitrogens is 2. The molecule has 0 radical (unpaired) electrons. The summed E-state index contributed by atoms with van der Waals surface area (Å²) in [7, 11) is 0. The summed E-state index contributed by atoms with van der Waals surface area (Å²) in [6.07, 6.45) is 3.33. The highest BCUT2D eigenvalue weighted by atomic mass is 32.1. The third kappa shape index (κ3) is 3.90. The molecular weight excluding hydrogens is 327 g/mol. The molecule has 1 fully saturated rings. The lowest BCUT2D eigenvalue weighted by Gasteiger charge is -2.22. The largest absolute Gasteiger partial charge is 0.354 e. The van der Waals surface area contributed by atoms with Gasteiger partial charge in [0.05, 0.1) is 0 Å². The highest BCUT2D eigenvalue weighted by Gasteiger charge is 2.32. The number of benzene rings is 1. The average Bonchev–Trinajstić information content (AvgIpc) is 3.23. The highest BCUT2D eigenvalue weighted by Crippen LogP contribution is 2.27. The minimum atomic E-state index is -0.247. The summed E-state index contributed by atoms with van der Waals surface area (Å²) in [5, 5.41) is 3.76. The van der Waals surface area contributed by atoms with Crippen LogP contribution in [0.15, 0.2) is 24.3 Å². The summed E-state index contributed by atoms with van der Waals surface area (Å²) >= 11 is 1.32. The van der Waals surface area contributed by atoms with E-state index in [2.05, 4.69) is 19.6 Å². The molecule has 1 aliphatic rings. The molecule has 1 amide bonds. The number of anilines is 1. The van der Waals surface area contributed by atoms with Crippen molar-refractivity contribution in [1.82, 2.24) is 14.7 Å². The molecule has 3 rings (SSSR count). The number of hydrogen-bond acceptors (Lipinski definition) is 5. The Morgan fingerprint density at radius 1 is 1.42 bits per heavy atom. The van der Waals surface area contributed by atoms with Crippen LogP contribution in [-0.2, 0) is 11.2 Å². The highest BCUT2D eigenvalue weighted by molar-refractivity contribution is 7.09. The first-order chi connectivity index (χ1) is 11.7. The Morgan fingerprint density at radius 3 is 2.96 bits per heavy atom. The summed E-state index contributed by atoms with van der Waals surface area (Å²) in [5.74, 6) is 0.537. The van der Waals surface area contributed by atoms with Crippen molar-refractivity contribution in [2.75, 3.05) is 18.0 Å². The molecule has 0 aliphatic carbocycles. The van der Waals surface area contributed by atoms with Crippen molar-refractivity contribution in [3.63, 3.8) is 0 Å². The molecule has 7 heteroatoms. The monoisotopic (exact) mass is 348 g/mol. The van der Waals surface area contributed by atoms with Gasteiger partial charge in [-0.15, -0.1) is 0 Å². The lowest BCUT2D eigenvalue weighted by atomic mass is 10.1. The Hall–Kier alpha value is -2.02. The number of rotatable bonds is 6. The fourth-order valence-electron chi connectivity index (χ4n) is 2.85. The number of amides is 1. The van der Waals surface area contributed by atoms with Gasteiger partial charge in [0.15, 0.2) is 0 Å². The van der Waals surface area contributed by atoms with Crippen LogP contribution < -0.4 is 10.2 Å². The number of carbonyl (C=O) groups excluding carboxylic acids is 1. The number of nitrogens with zero attached hydrogens (tertiary/aromatic N) is 3. The first-order valence-corrected chi connectivity index (χ1v) is 9.06. The van der Waals surface area contributed by atoms with E-state index in [1.54, 1.807) is 12.1 Å². The predicted molar refractivity (Wildman–Crippen MR) is 92.8 cm³/mol. The molecule has 1 aromatic heterocycles. The van der Waals surface area contributed by atoms with Gasteiger partial charge >= 0.3 is 0 Å². The van der Waals surface area contributed by atoms with Crippen molar-refractivity contribution < 1.29 is 9.18 Å². The quantitative estimate of drug-likeness (QED) is 0.872. The van der Waals surface area contributed by atoms with Crippen LogP contribution in [0.5, 0.6) is 0 Å². The third-order valence-corrected chi connectivity index (χ3v) is 4.87. The van der Waals surface area contributed by atoms with E-state index in [1.165, 1.54) is 23.7 Å². The first kappa shape index (κ1) is 16.8. The molecule has 2 aromatic rings. The standard InChI is InChI=1S/C17H21FN4OS/c1-2-9-19-16(23)14-4-3-10-22(14)17-20-15(21-24-17)11-12-5-7-13(18)8-6-12/h5-8,14H,2-4,9-11H2,1H3,(H,19,23). The predicted octanol–water partition coefficient (Wildman–Crippen LogP) is 2.76. The molecule has 0 bridgehead atoms. The molecule has 1 N–H and O–H groups in total. The van der Waals surface area contributed by atoms with Crippen LogP contribution in [0.3, 0.4) is 0 Å². The van der Waals surface area contributed by atoms with E-state index in [4.69, 9.17) is 0 Å². The SMILES string of the molecule is CCCNC(=O)C1CCCN1c1nc(Cc2ccc(F)cc2)ns1. The van der Waals surface area contributed by atoms with E-state index >= 15 is 0 Å². The van der Waals surface area contributed by atoms with Gasteiger partial charge in [-0.2, -0.15) is 4.37 Å². The van der Waals surface area contributed by atoms with Gasteiger partial charge in [0.1, 0.15) is 17.7 Å². The molecule has 1 saturated heterocycles. The van der Waals surface area contributed by atoms with E-state index in [0.717, 1.165) is 36.5 Å². The molecule has 1 aliphatic heterocycles. The third-order valence-electron chi connectivity index (χ3n) is 4.08. The summed E-state index contributed by atoms with van der Waals surface area (Å²) in [6.45, 7) is 3.57. The van der Waals surface area contributed by atoms with Crippen molar-refractivity contribution >= 4 is 22.6 Å². The molecule has 1 atom stereocenters. The van der Waals surface area contributed by atoms with Gasteiger partial charge in [-0.3, -0.25) is 4.79 Å². The fourth-order valence-corrected chi connectivity index (χ4v) is 3.61. The minimum Gasteiger partial charge on any atom is -0.354 e. The smallest absolute Gasteiger partial charge is 0.242 e. The number of carbonyl (C=O) groups is 1. The maximum Gasteiger partial charge on any atom is 0.242 e. The van der Waals surface area contributed by atoms with Crippen molar-refractivity contribution in [1.29, 1.82) is 0 Å². The van der Waals surface area contributed by atoms with Crippen LogP contribution >= 0.6 is 11.5 Å². The first-order valence-electron chi connectivity index (χ1n) is 8.28. The van der Waals surface area contributed by atoms with E-state index in [0.29, 0.717) is 18.8 Å². The molecular formula is C17H21FN4OS. The van der Waals surface area contributed by atoms with Gasteiger partial charge < -0.3 is 10.2 Å². The number of nitrogens with one attached hydrogen (secondary N) is 1. The van der Waals surface area contributed by atoms with Gasteiger partial charge in [0.25, 0.3) is 0 Å². The second-order valence-electron chi connectivity index (χ2n) is 5.94. The zero-order valence-corrected chi connectivity index (χ0v) is 14.5. The lowest BCUT2D eigenvalue weighted by molar-refractivity contribution is -0.122. The molecule has 24 heavy (non-hydrogen) atoms. The normalized spacial score (nSPS) is 17.2. The van der Waals surface area contributed by atoms with Crippen LogP contribution in [0.2, 0.25) is 0 Å². The maximum absolute atomic E-state index is 13.0. The van der Waals surface area contributed by atoms with Gasteiger partial charge in [-0.25, -0.2) is 9.37 Å². The van der Waals surface area contributed by atoms with Crippen molar-refractivity contribution in [3.8, 4) is 0 Å². The van der Waals surface area contributed by atoms with Crippen LogP contribution in [0, 0.1) is 5.82 Å². The van der Waals surface area contributed by atoms with Crippen LogP contribution in [0.25, 0.3) is 0 Å². The zero-order chi connectivity index (χ0) is 16.9. The molecule has 128 valence electrons. The zero-order valence-electron chi connectivity index (χ0n) is 13.7. The molecule has 0 spiro atoms. The Bertz CT molecular complexity index is 688. The lowest BCUT2D eigenvalue weighted by Crippen LogP contribution is -2.43. The van der Waals surface area contributed by atoms with E-state index in [-0.39, 0.29) is 17.8 Å². The number of halogens is 1. The summed E-state index contributed by atoms with van der Waals surface area (Å²) in [4.78, 5) is 18.9. The van der Waals surface area contributed by atoms with Crippen molar-refractivity contribution in [2.24, 2.45) is 0 Å². The average molecular weight is 348 g/mol. The minimum absolute atomic E-state index is 0.0737. The fraction of sp³-hybridized carbons (Fsp3) is 0.471. The summed E-state index contributed by atoms with van der Waals surface area (Å²) < 4.78 is 17.4. The Morgan fingerprint density at radius 2 is 2.21 bits per heavy atom. The van der Waals surface area contributed by atoms with E-state index in [9.17, 15) is 9.18 Å². The van der Waals surface area contributed by atoms with Crippen LogP contribution in [0.1, 0.15) is 37.6 Å². The molecule has 2 heterocycles. The Kier molecular flexibility index (Phi) is 5.40. The number of hydrogen-bond donors (Lipinski definition) is 1. The molecule has 1 unspecified atom stereocenters. The second-order valence-corrected chi connectivity index (χ2v) is 6.67. The van der Waals surface area contributed by atoms with Crippen molar-refractivity contribution in [2.45, 2.75) is 38.6 Å². The van der Waals surface area contributed by atoms with Crippen LogP contribution in [0.4, 0.5) is 9.52 Å². The topological polar surface area (TPSA) is 58.1 Å². The van der Waals surface area contributed by atoms with Gasteiger partial charge in [0, 0.05) is 31.0 Å². The van der Waals surface area contributed by atoms with Gasteiger partial charge in [0.2, 0.25) is 11.0 Å². The summed E-state index contributed by atoms with van der Waals surface area (Å²) in [5.41, 5.74) is 0.972. The molecule has 5 nitrogen and oxygen atoms in total. The van der Waals surface area contributed by atoms with Crippen molar-refractivity contribution in [3.05, 3.63) is 41.5 Å². The molecule has 1 aromatic carbocycles. The second kappa shape index (κ2) is 7.70. The van der Waals surface area contributed by atoms with E-state index < -0.39 is 0 Å². The Balaban J connectivity index is 1.67.